The molecule has 0 saturated carbocycles. The van der Waals surface area contributed by atoms with Gasteiger partial charge in [0.2, 0.25) is 5.78 Å². The monoisotopic (exact) mass is 346 g/mol. The predicted octanol–water partition coefficient (Wildman–Crippen LogP) is 3.45. The first-order valence-electron chi connectivity index (χ1n) is 9.50. The molecular weight excluding hydrogens is 324 g/mol. The minimum atomic E-state index is 0.0426. The molecule has 0 bridgehead atoms. The van der Waals surface area contributed by atoms with E-state index in [0.717, 1.165) is 32.2 Å². The summed E-state index contributed by atoms with van der Waals surface area (Å²) in [5, 5.41) is 0. The van der Waals surface area contributed by atoms with E-state index < -0.39 is 0 Å². The SMILES string of the molecule is O=C(c1cn2cccnc2n1)N1CCC[C@@H]1[C@H]1CCCc2ccccc21. The maximum absolute atomic E-state index is 13.2. The molecular formula is C21H22N4O. The van der Waals surface area contributed by atoms with Gasteiger partial charge in [-0.3, -0.25) is 9.20 Å². The van der Waals surface area contributed by atoms with Gasteiger partial charge in [-0.25, -0.2) is 9.97 Å². The fraction of sp³-hybridized carbons (Fsp3) is 0.381. The Bertz CT molecular complexity index is 930. The van der Waals surface area contributed by atoms with E-state index in [1.807, 2.05) is 16.7 Å². The minimum absolute atomic E-state index is 0.0426. The van der Waals surface area contributed by atoms with Crippen molar-refractivity contribution in [3.63, 3.8) is 0 Å². The van der Waals surface area contributed by atoms with Gasteiger partial charge in [0.25, 0.3) is 5.91 Å². The fourth-order valence-electron chi connectivity index (χ4n) is 4.73. The van der Waals surface area contributed by atoms with Gasteiger partial charge in [0, 0.05) is 37.1 Å². The van der Waals surface area contributed by atoms with Gasteiger partial charge in [0.1, 0.15) is 5.69 Å². The van der Waals surface area contributed by atoms with Crippen molar-refractivity contribution in [2.75, 3.05) is 6.54 Å². The number of hydrogen-bond acceptors (Lipinski definition) is 3. The van der Waals surface area contributed by atoms with E-state index in [1.54, 1.807) is 12.4 Å². The first-order valence-corrected chi connectivity index (χ1v) is 9.50. The molecule has 1 amide bonds. The van der Waals surface area contributed by atoms with Crippen LogP contribution in [0.2, 0.25) is 0 Å². The lowest BCUT2D eigenvalue weighted by atomic mass is 9.78. The van der Waals surface area contributed by atoms with E-state index in [2.05, 4.69) is 39.1 Å². The molecule has 0 N–H and O–H groups in total. The zero-order valence-corrected chi connectivity index (χ0v) is 14.7. The van der Waals surface area contributed by atoms with Gasteiger partial charge in [-0.2, -0.15) is 0 Å². The van der Waals surface area contributed by atoms with Crippen molar-refractivity contribution >= 4 is 11.7 Å². The number of carbonyl (C=O) groups is 1. The largest absolute Gasteiger partial charge is 0.334 e. The maximum Gasteiger partial charge on any atom is 0.274 e. The quantitative estimate of drug-likeness (QED) is 0.714. The van der Waals surface area contributed by atoms with Crippen molar-refractivity contribution in [2.45, 2.75) is 44.1 Å². The van der Waals surface area contributed by atoms with Crippen LogP contribution < -0.4 is 0 Å². The maximum atomic E-state index is 13.2. The van der Waals surface area contributed by atoms with Gasteiger partial charge < -0.3 is 4.90 Å². The molecule has 132 valence electrons. The Morgan fingerprint density at radius 1 is 1.12 bits per heavy atom. The Hall–Kier alpha value is -2.69. The molecule has 5 rings (SSSR count). The number of carbonyl (C=O) groups excluding carboxylic acids is 1. The van der Waals surface area contributed by atoms with E-state index in [-0.39, 0.29) is 11.9 Å². The number of benzene rings is 1. The standard InChI is InChI=1S/C21H22N4O/c26-20(18-14-24-12-5-11-22-21(24)23-18)25-13-4-10-19(25)17-9-3-7-15-6-1-2-8-16(15)17/h1-2,5-6,8,11-12,14,17,19H,3-4,7,9-10,13H2/t17-,19+/m0/s1. The zero-order valence-electron chi connectivity index (χ0n) is 14.7. The number of aromatic nitrogens is 3. The summed E-state index contributed by atoms with van der Waals surface area (Å²) < 4.78 is 1.81. The van der Waals surface area contributed by atoms with Crippen LogP contribution in [-0.4, -0.2) is 37.8 Å². The number of imidazole rings is 1. The number of nitrogens with zero attached hydrogens (tertiary/aromatic N) is 4. The molecule has 2 atom stereocenters. The van der Waals surface area contributed by atoms with Crippen LogP contribution in [0, 0.1) is 0 Å². The van der Waals surface area contributed by atoms with Crippen molar-refractivity contribution in [2.24, 2.45) is 0 Å². The lowest BCUT2D eigenvalue weighted by Gasteiger charge is -2.35. The van der Waals surface area contributed by atoms with Crippen molar-refractivity contribution in [3.05, 3.63) is 65.7 Å². The van der Waals surface area contributed by atoms with Gasteiger partial charge >= 0.3 is 0 Å². The average Bonchev–Trinajstić information content (AvgIpc) is 3.34. The molecule has 3 aromatic rings. The van der Waals surface area contributed by atoms with E-state index >= 15 is 0 Å². The van der Waals surface area contributed by atoms with Gasteiger partial charge in [0.05, 0.1) is 0 Å². The highest BCUT2D eigenvalue weighted by atomic mass is 16.2. The molecule has 0 unspecified atom stereocenters. The van der Waals surface area contributed by atoms with Crippen molar-refractivity contribution < 1.29 is 4.79 Å². The van der Waals surface area contributed by atoms with Crippen molar-refractivity contribution in [1.82, 2.24) is 19.3 Å². The van der Waals surface area contributed by atoms with E-state index in [0.29, 0.717) is 17.4 Å². The second-order valence-corrected chi connectivity index (χ2v) is 7.36. The molecule has 5 nitrogen and oxygen atoms in total. The van der Waals surface area contributed by atoms with E-state index in [4.69, 9.17) is 0 Å². The van der Waals surface area contributed by atoms with Crippen molar-refractivity contribution in [3.8, 4) is 0 Å². The molecule has 5 heteroatoms. The number of fused-ring (bicyclic) bond motifs is 2. The summed E-state index contributed by atoms with van der Waals surface area (Å²) in [6.45, 7) is 0.823. The van der Waals surface area contributed by atoms with Gasteiger partial charge in [-0.15, -0.1) is 0 Å². The Kier molecular flexibility index (Phi) is 3.73. The third kappa shape index (κ3) is 2.50. The molecule has 0 radical (unpaired) electrons. The normalized spacial score (nSPS) is 22.5. The summed E-state index contributed by atoms with van der Waals surface area (Å²) in [6.07, 6.45) is 11.1. The van der Waals surface area contributed by atoms with Crippen LogP contribution >= 0.6 is 0 Å². The second-order valence-electron chi connectivity index (χ2n) is 7.36. The smallest absolute Gasteiger partial charge is 0.274 e. The van der Waals surface area contributed by atoms with Crippen LogP contribution in [-0.2, 0) is 6.42 Å². The highest BCUT2D eigenvalue weighted by molar-refractivity contribution is 5.93. The predicted molar refractivity (Wildman–Crippen MR) is 99.2 cm³/mol. The molecule has 1 aliphatic carbocycles. The van der Waals surface area contributed by atoms with Crippen LogP contribution in [0.5, 0.6) is 0 Å². The van der Waals surface area contributed by atoms with Gasteiger partial charge in [-0.05, 0) is 49.3 Å². The zero-order chi connectivity index (χ0) is 17.5. The van der Waals surface area contributed by atoms with Gasteiger partial charge in [-0.1, -0.05) is 24.3 Å². The van der Waals surface area contributed by atoms with Crippen LogP contribution in [0.15, 0.2) is 48.9 Å². The fourth-order valence-corrected chi connectivity index (χ4v) is 4.73. The summed E-state index contributed by atoms with van der Waals surface area (Å²) in [5.74, 6) is 1.07. The molecule has 3 heterocycles. The lowest BCUT2D eigenvalue weighted by molar-refractivity contribution is 0.0705. The van der Waals surface area contributed by atoms with E-state index in [9.17, 15) is 4.79 Å². The molecule has 0 spiro atoms. The molecule has 2 aromatic heterocycles. The van der Waals surface area contributed by atoms with E-state index in [1.165, 1.54) is 17.5 Å². The topological polar surface area (TPSA) is 50.5 Å². The Labute approximate surface area is 152 Å². The summed E-state index contributed by atoms with van der Waals surface area (Å²) in [4.78, 5) is 23.9. The van der Waals surface area contributed by atoms with Crippen LogP contribution in [0.4, 0.5) is 0 Å². The number of hydrogen-bond donors (Lipinski definition) is 0. The number of amides is 1. The van der Waals surface area contributed by atoms with Crippen LogP contribution in [0.25, 0.3) is 5.78 Å². The van der Waals surface area contributed by atoms with Crippen LogP contribution in [0.3, 0.4) is 0 Å². The highest BCUT2D eigenvalue weighted by Crippen LogP contribution is 2.40. The van der Waals surface area contributed by atoms with Crippen LogP contribution in [0.1, 0.15) is 53.2 Å². The molecule has 26 heavy (non-hydrogen) atoms. The Morgan fingerprint density at radius 3 is 2.96 bits per heavy atom. The Morgan fingerprint density at radius 2 is 2.04 bits per heavy atom. The lowest BCUT2D eigenvalue weighted by Crippen LogP contribution is -2.40. The molecule has 1 saturated heterocycles. The first kappa shape index (κ1) is 15.6. The first-order chi connectivity index (χ1) is 12.8. The third-order valence-electron chi connectivity index (χ3n) is 5.89. The average molecular weight is 346 g/mol. The third-order valence-corrected chi connectivity index (χ3v) is 5.89. The number of likely N-dealkylation sites (tertiary alicyclic amines) is 1. The highest BCUT2D eigenvalue weighted by Gasteiger charge is 2.38. The molecule has 1 aromatic carbocycles. The summed E-state index contributed by atoms with van der Waals surface area (Å²) in [5.41, 5.74) is 3.40. The molecule has 1 fully saturated rings. The second kappa shape index (κ2) is 6.24. The number of aryl methyl sites for hydroxylation is 1. The number of rotatable bonds is 2. The Balaban J connectivity index is 1.47. The summed E-state index contributed by atoms with van der Waals surface area (Å²) in [7, 11) is 0. The molecule has 1 aliphatic heterocycles. The van der Waals surface area contributed by atoms with Crippen molar-refractivity contribution in [1.29, 1.82) is 0 Å². The molecule has 2 aliphatic rings. The minimum Gasteiger partial charge on any atom is -0.334 e. The summed E-state index contributed by atoms with van der Waals surface area (Å²) >= 11 is 0. The van der Waals surface area contributed by atoms with Gasteiger partial charge in [0.15, 0.2) is 0 Å². The summed E-state index contributed by atoms with van der Waals surface area (Å²) in [6, 6.07) is 10.9.